The molecule has 1 fully saturated rings. The Hall–Kier alpha value is -1.46. The average Bonchev–Trinajstić information content (AvgIpc) is 3.15. The number of rotatable bonds is 4. The molecular weight excluding hydrogens is 370 g/mol. The Morgan fingerprint density at radius 1 is 1.35 bits per heavy atom. The van der Waals surface area contributed by atoms with Crippen molar-refractivity contribution in [2.75, 3.05) is 6.54 Å². The van der Waals surface area contributed by atoms with Gasteiger partial charge in [0.1, 0.15) is 0 Å². The molecule has 3 nitrogen and oxygen atoms in total. The van der Waals surface area contributed by atoms with Gasteiger partial charge in [-0.25, -0.2) is 4.68 Å². The lowest BCUT2D eigenvalue weighted by Crippen LogP contribution is -2.14. The summed E-state index contributed by atoms with van der Waals surface area (Å²) in [6.45, 7) is 6.58. The molecular formula is C18H20BrN3S. The quantitative estimate of drug-likeness (QED) is 0.640. The lowest BCUT2D eigenvalue weighted by molar-refractivity contribution is 0.824. The Balaban J connectivity index is 2.10. The Kier molecular flexibility index (Phi) is 5.28. The third-order valence-electron chi connectivity index (χ3n) is 3.71. The lowest BCUT2D eigenvalue weighted by Gasteiger charge is -2.06. The Morgan fingerprint density at radius 2 is 2.13 bits per heavy atom. The van der Waals surface area contributed by atoms with E-state index < -0.39 is 0 Å². The van der Waals surface area contributed by atoms with Crippen molar-refractivity contribution in [1.82, 2.24) is 4.68 Å². The molecule has 1 aliphatic carbocycles. The van der Waals surface area contributed by atoms with Crippen LogP contribution in [-0.2, 0) is 0 Å². The molecule has 2 aromatic rings. The maximum Gasteiger partial charge on any atom is 0.206 e. The highest BCUT2D eigenvalue weighted by atomic mass is 79.9. The fraction of sp³-hybridized carbons (Fsp3) is 0.333. The van der Waals surface area contributed by atoms with E-state index in [9.17, 15) is 0 Å². The summed E-state index contributed by atoms with van der Waals surface area (Å²) >= 11 is 5.19. The van der Waals surface area contributed by atoms with Crippen molar-refractivity contribution in [3.63, 3.8) is 0 Å². The molecule has 1 aromatic carbocycles. The van der Waals surface area contributed by atoms with Gasteiger partial charge >= 0.3 is 0 Å². The molecule has 120 valence electrons. The van der Waals surface area contributed by atoms with Crippen LogP contribution in [0.25, 0.3) is 11.3 Å². The van der Waals surface area contributed by atoms with Crippen molar-refractivity contribution < 1.29 is 0 Å². The van der Waals surface area contributed by atoms with E-state index in [1.165, 1.54) is 18.6 Å². The normalized spacial score (nSPS) is 15.2. The van der Waals surface area contributed by atoms with Crippen LogP contribution in [0.5, 0.6) is 0 Å². The van der Waals surface area contributed by atoms with Crippen LogP contribution in [0.1, 0.15) is 32.6 Å². The van der Waals surface area contributed by atoms with Crippen molar-refractivity contribution in [3.8, 4) is 11.3 Å². The van der Waals surface area contributed by atoms with Crippen LogP contribution < -0.4 is 4.80 Å². The third kappa shape index (κ3) is 4.09. The minimum atomic E-state index is 0.642. The van der Waals surface area contributed by atoms with Crippen LogP contribution in [0.4, 0.5) is 0 Å². The maximum atomic E-state index is 4.91. The monoisotopic (exact) mass is 389 g/mol. The molecule has 0 atom stereocenters. The van der Waals surface area contributed by atoms with Gasteiger partial charge in [0.15, 0.2) is 0 Å². The summed E-state index contributed by atoms with van der Waals surface area (Å²) in [5.41, 5.74) is 4.57. The van der Waals surface area contributed by atoms with Gasteiger partial charge in [0.05, 0.1) is 12.2 Å². The molecule has 0 bridgehead atoms. The predicted molar refractivity (Wildman–Crippen MR) is 102 cm³/mol. The van der Waals surface area contributed by atoms with Gasteiger partial charge < -0.3 is 0 Å². The first-order valence-electron chi connectivity index (χ1n) is 7.81. The zero-order valence-corrected chi connectivity index (χ0v) is 15.7. The van der Waals surface area contributed by atoms with Gasteiger partial charge in [-0.15, -0.1) is 11.3 Å². The van der Waals surface area contributed by atoms with E-state index in [0.29, 0.717) is 6.54 Å². The van der Waals surface area contributed by atoms with E-state index in [0.717, 1.165) is 38.9 Å². The summed E-state index contributed by atoms with van der Waals surface area (Å²) in [4.78, 5) is 5.61. The van der Waals surface area contributed by atoms with Gasteiger partial charge in [-0.05, 0) is 44.7 Å². The fourth-order valence-electron chi connectivity index (χ4n) is 2.58. The molecule has 0 amide bonds. The Bertz CT molecular complexity index is 806. The number of benzene rings is 1. The fourth-order valence-corrected chi connectivity index (χ4v) is 3.81. The van der Waals surface area contributed by atoms with E-state index in [-0.39, 0.29) is 0 Å². The molecule has 0 unspecified atom stereocenters. The molecule has 1 heterocycles. The first-order valence-corrected chi connectivity index (χ1v) is 9.49. The largest absolute Gasteiger partial charge is 0.253 e. The highest BCUT2D eigenvalue weighted by Gasteiger charge is 2.12. The second kappa shape index (κ2) is 7.41. The molecule has 0 saturated heterocycles. The SMILES string of the molecule is C=C(C)CN=c1scc(-c2cccc(Br)c2)n1N=C1CCCC1. The Morgan fingerprint density at radius 3 is 2.83 bits per heavy atom. The summed E-state index contributed by atoms with van der Waals surface area (Å²) in [7, 11) is 0. The average molecular weight is 390 g/mol. The molecule has 0 spiro atoms. The predicted octanol–water partition coefficient (Wildman–Crippen LogP) is 5.23. The highest BCUT2D eigenvalue weighted by molar-refractivity contribution is 9.10. The second-order valence-corrected chi connectivity index (χ2v) is 7.62. The van der Waals surface area contributed by atoms with Crippen LogP contribution in [0, 0.1) is 0 Å². The number of aromatic nitrogens is 1. The molecule has 0 aliphatic heterocycles. The molecule has 5 heteroatoms. The molecule has 1 saturated carbocycles. The molecule has 1 aromatic heterocycles. The van der Waals surface area contributed by atoms with Crippen molar-refractivity contribution in [2.45, 2.75) is 32.6 Å². The van der Waals surface area contributed by atoms with Crippen molar-refractivity contribution in [1.29, 1.82) is 0 Å². The smallest absolute Gasteiger partial charge is 0.206 e. The first-order chi connectivity index (χ1) is 11.1. The van der Waals surface area contributed by atoms with E-state index in [2.05, 4.69) is 51.1 Å². The van der Waals surface area contributed by atoms with Gasteiger partial charge in [-0.2, -0.15) is 5.10 Å². The summed E-state index contributed by atoms with van der Waals surface area (Å²) in [5.74, 6) is 0. The van der Waals surface area contributed by atoms with Gasteiger partial charge in [0.25, 0.3) is 0 Å². The first kappa shape index (κ1) is 16.4. The summed E-state index contributed by atoms with van der Waals surface area (Å²) in [6, 6.07) is 8.32. The molecule has 0 radical (unpaired) electrons. The van der Waals surface area contributed by atoms with Gasteiger partial charge in [0.2, 0.25) is 4.80 Å². The topological polar surface area (TPSA) is 29.6 Å². The van der Waals surface area contributed by atoms with E-state index in [1.807, 2.05) is 17.7 Å². The number of hydrogen-bond acceptors (Lipinski definition) is 3. The zero-order chi connectivity index (χ0) is 16.2. The van der Waals surface area contributed by atoms with Crippen LogP contribution >= 0.6 is 27.3 Å². The van der Waals surface area contributed by atoms with Gasteiger partial charge in [-0.1, -0.05) is 40.2 Å². The zero-order valence-electron chi connectivity index (χ0n) is 13.3. The summed E-state index contributed by atoms with van der Waals surface area (Å²) < 4.78 is 3.08. The summed E-state index contributed by atoms with van der Waals surface area (Å²) in [5, 5.41) is 7.04. The molecule has 3 rings (SSSR count). The minimum Gasteiger partial charge on any atom is -0.253 e. The second-order valence-electron chi connectivity index (χ2n) is 5.87. The number of hydrogen-bond donors (Lipinski definition) is 0. The molecule has 0 N–H and O–H groups in total. The van der Waals surface area contributed by atoms with Crippen molar-refractivity contribution >= 4 is 33.0 Å². The highest BCUT2D eigenvalue weighted by Crippen LogP contribution is 2.24. The van der Waals surface area contributed by atoms with Crippen molar-refractivity contribution in [2.24, 2.45) is 10.1 Å². The van der Waals surface area contributed by atoms with E-state index in [4.69, 9.17) is 5.10 Å². The maximum absolute atomic E-state index is 4.91. The van der Waals surface area contributed by atoms with Crippen LogP contribution in [0.15, 0.2) is 56.4 Å². The standard InChI is InChI=1S/C18H20BrN3S/c1-13(2)11-20-18-22(21-16-8-3-4-9-16)17(12-23-18)14-6-5-7-15(19)10-14/h5-7,10,12H,1,3-4,8-9,11H2,2H3. The summed E-state index contributed by atoms with van der Waals surface area (Å²) in [6.07, 6.45) is 4.68. The number of halogens is 1. The van der Waals surface area contributed by atoms with E-state index in [1.54, 1.807) is 11.3 Å². The van der Waals surface area contributed by atoms with Crippen molar-refractivity contribution in [3.05, 3.63) is 51.1 Å². The van der Waals surface area contributed by atoms with Crippen LogP contribution in [0.3, 0.4) is 0 Å². The third-order valence-corrected chi connectivity index (χ3v) is 5.06. The van der Waals surface area contributed by atoms with E-state index >= 15 is 0 Å². The van der Waals surface area contributed by atoms with Gasteiger partial charge in [0, 0.05) is 21.1 Å². The molecule has 1 aliphatic rings. The van der Waals surface area contributed by atoms with Gasteiger partial charge in [-0.3, -0.25) is 4.99 Å². The Labute approximate surface area is 149 Å². The minimum absolute atomic E-state index is 0.642. The van der Waals surface area contributed by atoms with Crippen LogP contribution in [-0.4, -0.2) is 16.9 Å². The van der Waals surface area contributed by atoms with Crippen LogP contribution in [0.2, 0.25) is 0 Å². The number of thiazole rings is 1. The molecule has 23 heavy (non-hydrogen) atoms. The lowest BCUT2D eigenvalue weighted by atomic mass is 10.2. The number of nitrogens with zero attached hydrogens (tertiary/aromatic N) is 3.